The summed E-state index contributed by atoms with van der Waals surface area (Å²) in [5.74, 6) is 0.702. The molecule has 80 valence electrons. The molecule has 0 bridgehead atoms. The fourth-order valence-corrected chi connectivity index (χ4v) is 2.10. The maximum atomic E-state index is 10.6. The van der Waals surface area contributed by atoms with Crippen molar-refractivity contribution in [2.24, 2.45) is 5.14 Å². The largest absolute Gasteiger partial charge is 0.493 e. The highest BCUT2D eigenvalue weighted by molar-refractivity contribution is 7.87. The zero-order valence-electron chi connectivity index (χ0n) is 7.69. The van der Waals surface area contributed by atoms with Crippen molar-refractivity contribution >= 4 is 21.5 Å². The summed E-state index contributed by atoms with van der Waals surface area (Å²) in [5, 5.41) is 6.64. The van der Waals surface area contributed by atoms with Crippen molar-refractivity contribution in [3.05, 3.63) is 16.3 Å². The molecule has 0 atom stereocenters. The Labute approximate surface area is 87.1 Å². The summed E-state index contributed by atoms with van der Waals surface area (Å²) in [6, 6.07) is 1.80. The molecule has 1 aromatic rings. The quantitative estimate of drug-likeness (QED) is 0.778. The lowest BCUT2D eigenvalue weighted by molar-refractivity contribution is 0.338. The number of hydrogen-bond donors (Lipinski definition) is 2. The van der Waals surface area contributed by atoms with E-state index in [0.29, 0.717) is 12.4 Å². The molecule has 0 aromatic carbocycles. The first-order chi connectivity index (χ1) is 6.53. The zero-order chi connectivity index (χ0) is 10.6. The molecule has 0 aliphatic heterocycles. The summed E-state index contributed by atoms with van der Waals surface area (Å²) in [5.41, 5.74) is 0. The van der Waals surface area contributed by atoms with Gasteiger partial charge in [0.2, 0.25) is 0 Å². The Bertz CT molecular complexity index is 385. The van der Waals surface area contributed by atoms with Crippen molar-refractivity contribution in [3.63, 3.8) is 0 Å². The molecule has 0 aliphatic rings. The van der Waals surface area contributed by atoms with Crippen LogP contribution in [0.5, 0.6) is 5.75 Å². The van der Waals surface area contributed by atoms with Gasteiger partial charge in [0.1, 0.15) is 5.75 Å². The summed E-state index contributed by atoms with van der Waals surface area (Å²) in [4.78, 5) is 0.820. The van der Waals surface area contributed by atoms with Crippen LogP contribution in [0.25, 0.3) is 0 Å². The lowest BCUT2D eigenvalue weighted by atomic mass is 10.4. The predicted octanol–water partition coefficient (Wildman–Crippen LogP) is 0.440. The molecule has 0 amide bonds. The maximum Gasteiger partial charge on any atom is 0.274 e. The molecule has 0 aliphatic carbocycles. The van der Waals surface area contributed by atoms with E-state index in [0.717, 1.165) is 4.88 Å². The molecule has 0 unspecified atom stereocenters. The van der Waals surface area contributed by atoms with Crippen molar-refractivity contribution in [3.8, 4) is 5.75 Å². The minimum atomic E-state index is -3.63. The first kappa shape index (κ1) is 11.4. The second-order valence-electron chi connectivity index (χ2n) is 2.51. The molecule has 5 nitrogen and oxygen atoms in total. The standard InChI is InChI=1S/C7H12N2O3S2/c1-2-12-6-3-4-13-7(6)5-9-14(8,10)11/h3-4,9H,2,5H2,1H3,(H2,8,10,11). The van der Waals surface area contributed by atoms with Gasteiger partial charge in [-0.2, -0.15) is 13.1 Å². The van der Waals surface area contributed by atoms with Crippen molar-refractivity contribution in [2.75, 3.05) is 6.61 Å². The monoisotopic (exact) mass is 236 g/mol. The van der Waals surface area contributed by atoms with Crippen LogP contribution < -0.4 is 14.6 Å². The molecule has 1 aromatic heterocycles. The molecule has 1 rings (SSSR count). The Morgan fingerprint density at radius 3 is 2.93 bits per heavy atom. The van der Waals surface area contributed by atoms with Crippen molar-refractivity contribution in [1.29, 1.82) is 0 Å². The Hall–Kier alpha value is -0.630. The van der Waals surface area contributed by atoms with Gasteiger partial charge in [-0.05, 0) is 18.4 Å². The van der Waals surface area contributed by atoms with Crippen molar-refractivity contribution in [1.82, 2.24) is 4.72 Å². The molecule has 0 fully saturated rings. The van der Waals surface area contributed by atoms with Gasteiger partial charge < -0.3 is 4.74 Å². The normalized spacial score (nSPS) is 11.6. The van der Waals surface area contributed by atoms with E-state index in [2.05, 4.69) is 4.72 Å². The van der Waals surface area contributed by atoms with E-state index >= 15 is 0 Å². The number of thiophene rings is 1. The van der Waals surface area contributed by atoms with Crippen LogP contribution in [0.1, 0.15) is 11.8 Å². The Kier molecular flexibility index (Phi) is 3.87. The van der Waals surface area contributed by atoms with E-state index in [1.807, 2.05) is 12.3 Å². The van der Waals surface area contributed by atoms with Crippen LogP contribution in [0.3, 0.4) is 0 Å². The summed E-state index contributed by atoms with van der Waals surface area (Å²) in [6.45, 7) is 2.60. The summed E-state index contributed by atoms with van der Waals surface area (Å²) in [7, 11) is -3.63. The molecular formula is C7H12N2O3S2. The lowest BCUT2D eigenvalue weighted by Gasteiger charge is -2.04. The zero-order valence-corrected chi connectivity index (χ0v) is 9.32. The third-order valence-corrected chi connectivity index (χ3v) is 2.89. The minimum Gasteiger partial charge on any atom is -0.493 e. The smallest absolute Gasteiger partial charge is 0.274 e. The topological polar surface area (TPSA) is 81.4 Å². The fourth-order valence-electron chi connectivity index (χ4n) is 0.908. The third kappa shape index (κ3) is 3.62. The van der Waals surface area contributed by atoms with Crippen molar-refractivity contribution in [2.45, 2.75) is 13.5 Å². The molecule has 1 heterocycles. The summed E-state index contributed by atoms with van der Waals surface area (Å²) >= 11 is 1.42. The van der Waals surface area contributed by atoms with Gasteiger partial charge >= 0.3 is 0 Å². The first-order valence-electron chi connectivity index (χ1n) is 3.99. The van der Waals surface area contributed by atoms with Crippen LogP contribution in [0, 0.1) is 0 Å². The third-order valence-electron chi connectivity index (χ3n) is 1.44. The van der Waals surface area contributed by atoms with Crippen LogP contribution in [0.4, 0.5) is 0 Å². The van der Waals surface area contributed by atoms with E-state index in [-0.39, 0.29) is 6.54 Å². The highest BCUT2D eigenvalue weighted by atomic mass is 32.2. The summed E-state index contributed by atoms with van der Waals surface area (Å²) < 4.78 is 28.7. The van der Waals surface area contributed by atoms with Gasteiger partial charge in [-0.15, -0.1) is 11.3 Å². The summed E-state index contributed by atoms with van der Waals surface area (Å²) in [6.07, 6.45) is 0. The van der Waals surface area contributed by atoms with Crippen LogP contribution in [-0.2, 0) is 16.8 Å². The SMILES string of the molecule is CCOc1ccsc1CNS(N)(=O)=O. The Morgan fingerprint density at radius 2 is 2.36 bits per heavy atom. The second kappa shape index (κ2) is 4.74. The van der Waals surface area contributed by atoms with Gasteiger partial charge in [-0.1, -0.05) is 0 Å². The van der Waals surface area contributed by atoms with Crippen LogP contribution in [-0.4, -0.2) is 15.0 Å². The Morgan fingerprint density at radius 1 is 1.64 bits per heavy atom. The van der Waals surface area contributed by atoms with E-state index in [4.69, 9.17) is 9.88 Å². The van der Waals surface area contributed by atoms with Crippen molar-refractivity contribution < 1.29 is 13.2 Å². The molecule has 3 N–H and O–H groups in total. The number of nitrogens with two attached hydrogens (primary N) is 1. The molecule has 7 heteroatoms. The first-order valence-corrected chi connectivity index (χ1v) is 6.42. The minimum absolute atomic E-state index is 0.172. The molecule has 14 heavy (non-hydrogen) atoms. The predicted molar refractivity (Wildman–Crippen MR) is 55.4 cm³/mol. The van der Waals surface area contributed by atoms with Crippen LogP contribution in [0.15, 0.2) is 11.4 Å². The molecular weight excluding hydrogens is 224 g/mol. The number of hydrogen-bond acceptors (Lipinski definition) is 4. The maximum absolute atomic E-state index is 10.6. The number of ether oxygens (including phenoxy) is 1. The van der Waals surface area contributed by atoms with E-state index in [1.54, 1.807) is 6.07 Å². The van der Waals surface area contributed by atoms with Gasteiger partial charge in [0.25, 0.3) is 10.2 Å². The second-order valence-corrected chi connectivity index (χ2v) is 4.89. The van der Waals surface area contributed by atoms with Gasteiger partial charge in [0, 0.05) is 6.54 Å². The number of rotatable bonds is 5. The lowest BCUT2D eigenvalue weighted by Crippen LogP contribution is -2.30. The van der Waals surface area contributed by atoms with Gasteiger partial charge in [0.05, 0.1) is 11.5 Å². The molecule has 0 radical (unpaired) electrons. The van der Waals surface area contributed by atoms with E-state index < -0.39 is 10.2 Å². The molecule has 0 spiro atoms. The van der Waals surface area contributed by atoms with Crippen LogP contribution in [0.2, 0.25) is 0 Å². The number of nitrogens with one attached hydrogen (secondary N) is 1. The van der Waals surface area contributed by atoms with Gasteiger partial charge in [-0.25, -0.2) is 5.14 Å². The highest BCUT2D eigenvalue weighted by Crippen LogP contribution is 2.24. The van der Waals surface area contributed by atoms with Crippen LogP contribution >= 0.6 is 11.3 Å². The highest BCUT2D eigenvalue weighted by Gasteiger charge is 2.07. The van der Waals surface area contributed by atoms with Gasteiger partial charge in [-0.3, -0.25) is 0 Å². The molecule has 0 saturated carbocycles. The molecule has 0 saturated heterocycles. The van der Waals surface area contributed by atoms with E-state index in [9.17, 15) is 8.42 Å². The fraction of sp³-hybridized carbons (Fsp3) is 0.429. The average Bonchev–Trinajstić information content (AvgIpc) is 2.48. The Balaban J connectivity index is 2.62. The van der Waals surface area contributed by atoms with E-state index in [1.165, 1.54) is 11.3 Å². The van der Waals surface area contributed by atoms with Gasteiger partial charge in [0.15, 0.2) is 0 Å². The average molecular weight is 236 g/mol.